The Morgan fingerprint density at radius 2 is 0.490 bits per heavy atom. The van der Waals surface area contributed by atoms with Crippen LogP contribution in [0.3, 0.4) is 0 Å². The van der Waals surface area contributed by atoms with Gasteiger partial charge in [-0.15, -0.1) is 0 Å². The second kappa shape index (κ2) is 72.0. The topological polar surface area (TPSA) is 237 Å². The Kier molecular flexibility index (Phi) is 70.6. The van der Waals surface area contributed by atoms with E-state index in [1.165, 1.54) is 238 Å². The van der Waals surface area contributed by atoms with E-state index in [4.69, 9.17) is 37.0 Å². The van der Waals surface area contributed by atoms with Crippen molar-refractivity contribution >= 4 is 39.5 Å². The van der Waals surface area contributed by atoms with Gasteiger partial charge in [0.1, 0.15) is 19.3 Å². The zero-order valence-electron chi connectivity index (χ0n) is 63.9. The highest BCUT2D eigenvalue weighted by Crippen LogP contribution is 2.45. The minimum Gasteiger partial charge on any atom is -0.462 e. The molecule has 0 spiro atoms. The summed E-state index contributed by atoms with van der Waals surface area (Å²) in [6, 6.07) is 0. The second-order valence-corrected chi connectivity index (χ2v) is 31.6. The number of carbonyl (C=O) groups is 4. The highest BCUT2D eigenvalue weighted by atomic mass is 31.2. The molecular weight excluding hydrogens is 1280 g/mol. The van der Waals surface area contributed by atoms with Crippen molar-refractivity contribution in [2.24, 2.45) is 5.92 Å². The molecule has 3 unspecified atom stereocenters. The summed E-state index contributed by atoms with van der Waals surface area (Å²) in [6.45, 7) is 7.32. The standard InChI is InChI=1S/C79H154O17P2/c1-6-10-13-16-19-22-24-26-28-30-32-34-36-38-43-48-53-58-63-77(82)90-69-75(96-78(83)64-59-54-49-44-39-37-35-33-31-29-27-25-23-20-17-14-11-7-2)71-94-98(87,88)92-67-73(80)66-91-97(85,86)93-70-74(68-89-76(81)62-57-52-47-21-18-15-12-8-3)95-79(84)65-60-55-50-45-41-40-42-46-51-56-61-72(5)9-4/h72-75,80H,6-71H2,1-5H3,(H,85,86)(H,87,88)/t72?,73-,74+,75+/m0/s1. The maximum atomic E-state index is 13.1. The number of esters is 4. The molecule has 0 aromatic rings. The first-order chi connectivity index (χ1) is 47.6. The molecule has 0 aliphatic heterocycles. The number of carbonyl (C=O) groups excluding carboxylic acids is 4. The van der Waals surface area contributed by atoms with Gasteiger partial charge in [0.05, 0.1) is 26.4 Å². The zero-order chi connectivity index (χ0) is 71.9. The zero-order valence-corrected chi connectivity index (χ0v) is 65.7. The van der Waals surface area contributed by atoms with Crippen molar-refractivity contribution in [3.05, 3.63) is 0 Å². The highest BCUT2D eigenvalue weighted by molar-refractivity contribution is 7.47. The van der Waals surface area contributed by atoms with Crippen molar-refractivity contribution in [2.45, 2.75) is 438 Å². The number of hydrogen-bond donors (Lipinski definition) is 3. The Labute approximate surface area is 600 Å². The number of aliphatic hydroxyl groups is 1. The van der Waals surface area contributed by atoms with E-state index in [9.17, 15) is 43.2 Å². The molecule has 0 aromatic heterocycles. The molecule has 0 heterocycles. The van der Waals surface area contributed by atoms with E-state index in [1.54, 1.807) is 0 Å². The van der Waals surface area contributed by atoms with Gasteiger partial charge in [0.25, 0.3) is 0 Å². The van der Waals surface area contributed by atoms with Crippen LogP contribution in [0.1, 0.15) is 420 Å². The second-order valence-electron chi connectivity index (χ2n) is 28.7. The van der Waals surface area contributed by atoms with Gasteiger partial charge in [0.2, 0.25) is 0 Å². The quantitative estimate of drug-likeness (QED) is 0.0222. The van der Waals surface area contributed by atoms with Crippen LogP contribution in [-0.4, -0.2) is 96.7 Å². The average molecular weight is 1440 g/mol. The van der Waals surface area contributed by atoms with E-state index in [0.717, 1.165) is 102 Å². The fraction of sp³-hybridized carbons (Fsp3) is 0.949. The molecule has 6 atom stereocenters. The van der Waals surface area contributed by atoms with E-state index in [0.29, 0.717) is 25.7 Å². The molecule has 0 radical (unpaired) electrons. The van der Waals surface area contributed by atoms with Crippen LogP contribution in [0.2, 0.25) is 0 Å². The van der Waals surface area contributed by atoms with Crippen molar-refractivity contribution < 1.29 is 80.2 Å². The lowest BCUT2D eigenvalue weighted by Gasteiger charge is -2.21. The molecular formula is C79H154O17P2. The minimum atomic E-state index is -4.96. The third kappa shape index (κ3) is 71.1. The third-order valence-corrected chi connectivity index (χ3v) is 20.8. The van der Waals surface area contributed by atoms with Gasteiger partial charge < -0.3 is 33.8 Å². The molecule has 0 aliphatic rings. The van der Waals surface area contributed by atoms with Gasteiger partial charge >= 0.3 is 39.5 Å². The molecule has 0 fully saturated rings. The maximum absolute atomic E-state index is 13.1. The first-order valence-corrected chi connectivity index (χ1v) is 44.2. The average Bonchev–Trinajstić information content (AvgIpc) is 1.02. The molecule has 0 aliphatic carbocycles. The molecule has 582 valence electrons. The smallest absolute Gasteiger partial charge is 0.462 e. The summed E-state index contributed by atoms with van der Waals surface area (Å²) >= 11 is 0. The van der Waals surface area contributed by atoms with Crippen LogP contribution in [-0.2, 0) is 65.4 Å². The molecule has 0 saturated carbocycles. The third-order valence-electron chi connectivity index (χ3n) is 18.9. The fourth-order valence-corrected chi connectivity index (χ4v) is 13.8. The number of phosphoric acid groups is 2. The van der Waals surface area contributed by atoms with Crippen LogP contribution in [0.25, 0.3) is 0 Å². The number of ether oxygens (including phenoxy) is 4. The number of hydrogen-bond acceptors (Lipinski definition) is 15. The highest BCUT2D eigenvalue weighted by Gasteiger charge is 2.30. The van der Waals surface area contributed by atoms with Crippen LogP contribution in [0.5, 0.6) is 0 Å². The molecule has 0 bridgehead atoms. The van der Waals surface area contributed by atoms with Crippen LogP contribution in [0.15, 0.2) is 0 Å². The number of aliphatic hydroxyl groups excluding tert-OH is 1. The summed E-state index contributed by atoms with van der Waals surface area (Å²) in [4.78, 5) is 72.9. The molecule has 98 heavy (non-hydrogen) atoms. The van der Waals surface area contributed by atoms with Crippen LogP contribution < -0.4 is 0 Å². The van der Waals surface area contributed by atoms with Gasteiger partial charge in [-0.3, -0.25) is 37.3 Å². The van der Waals surface area contributed by atoms with Gasteiger partial charge in [-0.25, -0.2) is 9.13 Å². The Morgan fingerprint density at radius 1 is 0.286 bits per heavy atom. The Bertz CT molecular complexity index is 1880. The van der Waals surface area contributed by atoms with Crippen LogP contribution >= 0.6 is 15.6 Å². The molecule has 3 N–H and O–H groups in total. The Hall–Kier alpha value is -1.94. The van der Waals surface area contributed by atoms with E-state index in [1.807, 2.05) is 0 Å². The molecule has 17 nitrogen and oxygen atoms in total. The normalized spacial score (nSPS) is 14.2. The van der Waals surface area contributed by atoms with Gasteiger partial charge in [0.15, 0.2) is 12.2 Å². The summed E-state index contributed by atoms with van der Waals surface area (Å²) in [5, 5.41) is 10.6. The monoisotopic (exact) mass is 1440 g/mol. The van der Waals surface area contributed by atoms with E-state index in [2.05, 4.69) is 34.6 Å². The SMILES string of the molecule is CCCCCCCCCCCCCCCCCCCCC(=O)OC[C@H](COP(=O)(O)OC[C@@H](O)COP(=O)(O)OC[C@@H](COC(=O)CCCCCCCCCC)OC(=O)CCCCCCCCCCCCC(C)CC)OC(=O)CCCCCCCCCCCCCCCCCCCC. The van der Waals surface area contributed by atoms with Crippen molar-refractivity contribution in [3.63, 3.8) is 0 Å². The molecule has 0 saturated heterocycles. The van der Waals surface area contributed by atoms with E-state index >= 15 is 0 Å². The summed E-state index contributed by atoms with van der Waals surface area (Å²) in [7, 11) is -9.91. The van der Waals surface area contributed by atoms with Crippen molar-refractivity contribution in [3.8, 4) is 0 Å². The number of phosphoric ester groups is 2. The van der Waals surface area contributed by atoms with Gasteiger partial charge in [-0.1, -0.05) is 369 Å². The lowest BCUT2D eigenvalue weighted by atomic mass is 9.99. The van der Waals surface area contributed by atoms with Gasteiger partial charge in [0, 0.05) is 25.7 Å². The molecule has 0 aromatic carbocycles. The fourth-order valence-electron chi connectivity index (χ4n) is 12.2. The number of rotatable bonds is 79. The Morgan fingerprint density at radius 3 is 0.724 bits per heavy atom. The largest absolute Gasteiger partial charge is 0.472 e. The molecule has 0 rings (SSSR count). The van der Waals surface area contributed by atoms with Crippen LogP contribution in [0.4, 0.5) is 0 Å². The summed E-state index contributed by atoms with van der Waals surface area (Å²) < 4.78 is 68.6. The van der Waals surface area contributed by atoms with Crippen molar-refractivity contribution in [1.29, 1.82) is 0 Å². The van der Waals surface area contributed by atoms with Gasteiger partial charge in [-0.2, -0.15) is 0 Å². The predicted octanol–water partition coefficient (Wildman–Crippen LogP) is 23.6. The van der Waals surface area contributed by atoms with Crippen molar-refractivity contribution in [1.82, 2.24) is 0 Å². The maximum Gasteiger partial charge on any atom is 0.472 e. The first-order valence-electron chi connectivity index (χ1n) is 41.2. The number of unbranched alkanes of at least 4 members (excludes halogenated alkanes) is 50. The minimum absolute atomic E-state index is 0.107. The van der Waals surface area contributed by atoms with Gasteiger partial charge in [-0.05, 0) is 31.6 Å². The predicted molar refractivity (Wildman–Crippen MR) is 400 cm³/mol. The lowest BCUT2D eigenvalue weighted by Crippen LogP contribution is -2.30. The Balaban J connectivity index is 5.21. The van der Waals surface area contributed by atoms with E-state index < -0.39 is 97.5 Å². The summed E-state index contributed by atoms with van der Waals surface area (Å²) in [5.41, 5.74) is 0. The molecule has 19 heteroatoms. The van der Waals surface area contributed by atoms with Crippen molar-refractivity contribution in [2.75, 3.05) is 39.6 Å². The first kappa shape index (κ1) is 96.1. The molecule has 0 amide bonds. The summed E-state index contributed by atoms with van der Waals surface area (Å²) in [5.74, 6) is -1.31. The lowest BCUT2D eigenvalue weighted by molar-refractivity contribution is -0.161. The van der Waals surface area contributed by atoms with E-state index in [-0.39, 0.29) is 25.7 Å². The summed E-state index contributed by atoms with van der Waals surface area (Å²) in [6.07, 6.45) is 62.4. The van der Waals surface area contributed by atoms with Crippen LogP contribution in [0, 0.1) is 5.92 Å².